The fourth-order valence-electron chi connectivity index (χ4n) is 4.25. The first kappa shape index (κ1) is 11.7. The summed E-state index contributed by atoms with van der Waals surface area (Å²) in [6, 6.07) is 8.69. The fraction of sp³-hybridized carbons (Fsp3) is 0.625. The molecule has 0 spiro atoms. The first-order valence-corrected chi connectivity index (χ1v) is 7.54. The molecule has 2 N–H and O–H groups in total. The molecule has 0 aromatic heterocycles. The molecule has 3 aliphatic rings. The van der Waals surface area contributed by atoms with Crippen molar-refractivity contribution in [3.63, 3.8) is 0 Å². The van der Waals surface area contributed by atoms with E-state index in [1.807, 2.05) is 12.1 Å². The van der Waals surface area contributed by atoms with Gasteiger partial charge in [-0.25, -0.2) is 0 Å². The molecule has 3 nitrogen and oxygen atoms in total. The van der Waals surface area contributed by atoms with Crippen molar-refractivity contribution in [3.05, 3.63) is 29.8 Å². The largest absolute Gasteiger partial charge is 0.492 e. The monoisotopic (exact) mass is 258 g/mol. The first-order valence-electron chi connectivity index (χ1n) is 7.54. The van der Waals surface area contributed by atoms with Gasteiger partial charge in [0, 0.05) is 18.7 Å². The van der Waals surface area contributed by atoms with Gasteiger partial charge in [0.15, 0.2) is 0 Å². The lowest BCUT2D eigenvalue weighted by molar-refractivity contribution is 0.111. The zero-order valence-corrected chi connectivity index (χ0v) is 11.3. The predicted octanol–water partition coefficient (Wildman–Crippen LogP) is 2.18. The van der Waals surface area contributed by atoms with Gasteiger partial charge in [0.25, 0.3) is 0 Å². The maximum Gasteiger partial charge on any atom is 0.124 e. The summed E-state index contributed by atoms with van der Waals surface area (Å²) in [6.07, 6.45) is 4.26. The normalized spacial score (nSPS) is 37.7. The number of fused-ring (bicyclic) bond motifs is 2. The molecule has 4 atom stereocenters. The fourth-order valence-corrected chi connectivity index (χ4v) is 4.25. The quantitative estimate of drug-likeness (QED) is 0.839. The van der Waals surface area contributed by atoms with Crippen LogP contribution >= 0.6 is 0 Å². The van der Waals surface area contributed by atoms with Crippen molar-refractivity contribution in [2.24, 2.45) is 17.6 Å². The molecule has 19 heavy (non-hydrogen) atoms. The Bertz CT molecular complexity index is 464. The summed E-state index contributed by atoms with van der Waals surface area (Å²) in [5, 5.41) is 0. The molecule has 0 amide bonds. The molecule has 1 aromatic carbocycles. The van der Waals surface area contributed by atoms with Gasteiger partial charge >= 0.3 is 0 Å². The third-order valence-corrected chi connectivity index (χ3v) is 5.33. The summed E-state index contributed by atoms with van der Waals surface area (Å²) in [5.41, 5.74) is 7.68. The van der Waals surface area contributed by atoms with Gasteiger partial charge in [-0.2, -0.15) is 0 Å². The molecule has 1 saturated heterocycles. The van der Waals surface area contributed by atoms with E-state index in [2.05, 4.69) is 17.0 Å². The van der Waals surface area contributed by atoms with E-state index in [0.29, 0.717) is 6.04 Å². The molecule has 0 radical (unpaired) electrons. The molecule has 4 rings (SSSR count). The minimum Gasteiger partial charge on any atom is -0.492 e. The summed E-state index contributed by atoms with van der Waals surface area (Å²) >= 11 is 0. The van der Waals surface area contributed by atoms with Gasteiger partial charge in [-0.15, -0.1) is 0 Å². The van der Waals surface area contributed by atoms with Crippen LogP contribution in [0.5, 0.6) is 5.75 Å². The molecule has 1 saturated carbocycles. The van der Waals surface area contributed by atoms with Gasteiger partial charge in [-0.3, -0.25) is 4.90 Å². The number of nitrogens with zero attached hydrogens (tertiary/aromatic N) is 1. The number of hydrogen-bond acceptors (Lipinski definition) is 3. The number of rotatable bonds is 1. The van der Waals surface area contributed by atoms with Crippen LogP contribution < -0.4 is 10.5 Å². The minimum atomic E-state index is 0.101. The van der Waals surface area contributed by atoms with E-state index in [4.69, 9.17) is 10.5 Å². The van der Waals surface area contributed by atoms with Crippen LogP contribution in [0.2, 0.25) is 0 Å². The highest BCUT2D eigenvalue weighted by Gasteiger charge is 2.42. The number of benzene rings is 1. The Morgan fingerprint density at radius 3 is 2.63 bits per heavy atom. The molecular weight excluding hydrogens is 236 g/mol. The zero-order valence-electron chi connectivity index (χ0n) is 11.3. The van der Waals surface area contributed by atoms with E-state index >= 15 is 0 Å². The lowest BCUT2D eigenvalue weighted by Crippen LogP contribution is -2.48. The van der Waals surface area contributed by atoms with Crippen molar-refractivity contribution in [2.45, 2.75) is 31.3 Å². The van der Waals surface area contributed by atoms with E-state index in [1.165, 1.54) is 37.9 Å². The topological polar surface area (TPSA) is 38.5 Å². The van der Waals surface area contributed by atoms with E-state index in [1.54, 1.807) is 0 Å². The lowest BCUT2D eigenvalue weighted by Gasteiger charge is -2.37. The number of para-hydroxylation sites is 1. The van der Waals surface area contributed by atoms with Crippen LogP contribution in [-0.4, -0.2) is 30.6 Å². The molecule has 2 aliphatic heterocycles. The van der Waals surface area contributed by atoms with Crippen molar-refractivity contribution in [1.29, 1.82) is 0 Å². The van der Waals surface area contributed by atoms with E-state index in [-0.39, 0.29) is 6.04 Å². The lowest BCUT2D eigenvalue weighted by atomic mass is 9.96. The zero-order chi connectivity index (χ0) is 12.8. The van der Waals surface area contributed by atoms with Crippen LogP contribution in [0.3, 0.4) is 0 Å². The number of ether oxygens (including phenoxy) is 1. The Morgan fingerprint density at radius 1 is 1.11 bits per heavy atom. The second kappa shape index (κ2) is 4.50. The summed E-state index contributed by atoms with van der Waals surface area (Å²) in [5.74, 6) is 2.82. The third-order valence-electron chi connectivity index (χ3n) is 5.33. The Labute approximate surface area is 114 Å². The minimum absolute atomic E-state index is 0.101. The Balaban J connectivity index is 1.54. The molecular formula is C16H22N2O. The van der Waals surface area contributed by atoms with Crippen LogP contribution in [0, 0.1) is 11.8 Å². The van der Waals surface area contributed by atoms with Crippen molar-refractivity contribution in [1.82, 2.24) is 4.90 Å². The Morgan fingerprint density at radius 2 is 1.84 bits per heavy atom. The van der Waals surface area contributed by atoms with Gasteiger partial charge in [0.2, 0.25) is 0 Å². The summed E-state index contributed by atoms with van der Waals surface area (Å²) < 4.78 is 5.92. The summed E-state index contributed by atoms with van der Waals surface area (Å²) in [7, 11) is 0. The molecule has 3 heteroatoms. The molecule has 2 fully saturated rings. The number of hydrogen-bond donors (Lipinski definition) is 1. The van der Waals surface area contributed by atoms with Crippen molar-refractivity contribution >= 4 is 0 Å². The summed E-state index contributed by atoms with van der Waals surface area (Å²) in [6.45, 7) is 3.21. The molecule has 1 aromatic rings. The van der Waals surface area contributed by atoms with Crippen molar-refractivity contribution in [2.75, 3.05) is 19.7 Å². The summed E-state index contributed by atoms with van der Waals surface area (Å²) in [4.78, 5) is 2.59. The molecule has 4 unspecified atom stereocenters. The second-order valence-electron chi connectivity index (χ2n) is 6.35. The average molecular weight is 258 g/mol. The van der Waals surface area contributed by atoms with Crippen LogP contribution in [0.1, 0.15) is 30.9 Å². The van der Waals surface area contributed by atoms with Gasteiger partial charge in [0.1, 0.15) is 12.4 Å². The van der Waals surface area contributed by atoms with Crippen molar-refractivity contribution < 1.29 is 4.74 Å². The third kappa shape index (κ3) is 1.87. The SMILES string of the molecule is NC1c2ccccc2OCC1N1CC2CCCC2C1. The van der Waals surface area contributed by atoms with Gasteiger partial charge < -0.3 is 10.5 Å². The maximum atomic E-state index is 6.50. The van der Waals surface area contributed by atoms with Crippen LogP contribution in [-0.2, 0) is 0 Å². The average Bonchev–Trinajstić information content (AvgIpc) is 3.00. The molecule has 0 bridgehead atoms. The van der Waals surface area contributed by atoms with E-state index < -0.39 is 0 Å². The predicted molar refractivity (Wildman–Crippen MR) is 75.1 cm³/mol. The van der Waals surface area contributed by atoms with Gasteiger partial charge in [-0.1, -0.05) is 24.6 Å². The van der Waals surface area contributed by atoms with E-state index in [0.717, 1.165) is 24.2 Å². The second-order valence-corrected chi connectivity index (χ2v) is 6.35. The number of nitrogens with two attached hydrogens (primary N) is 1. The Hall–Kier alpha value is -1.06. The Kier molecular flexibility index (Phi) is 2.78. The van der Waals surface area contributed by atoms with Crippen LogP contribution in [0.15, 0.2) is 24.3 Å². The van der Waals surface area contributed by atoms with E-state index in [9.17, 15) is 0 Å². The van der Waals surface area contributed by atoms with Gasteiger partial charge in [-0.05, 0) is 30.7 Å². The number of likely N-dealkylation sites (tertiary alicyclic amines) is 1. The standard InChI is InChI=1S/C16H22N2O/c17-16-13-6-1-2-7-15(13)19-10-14(16)18-8-11-4-3-5-12(11)9-18/h1-2,6-7,11-12,14,16H,3-5,8-10,17H2. The van der Waals surface area contributed by atoms with Crippen molar-refractivity contribution in [3.8, 4) is 5.75 Å². The highest BCUT2D eigenvalue weighted by Crippen LogP contribution is 2.41. The maximum absolute atomic E-state index is 6.50. The highest BCUT2D eigenvalue weighted by atomic mass is 16.5. The molecule has 2 heterocycles. The smallest absolute Gasteiger partial charge is 0.124 e. The molecule has 102 valence electrons. The highest BCUT2D eigenvalue weighted by molar-refractivity contribution is 5.38. The van der Waals surface area contributed by atoms with Gasteiger partial charge in [0.05, 0.1) is 12.1 Å². The first-order chi connectivity index (χ1) is 9.33. The van der Waals surface area contributed by atoms with Crippen LogP contribution in [0.25, 0.3) is 0 Å². The molecule has 1 aliphatic carbocycles. The van der Waals surface area contributed by atoms with Crippen LogP contribution in [0.4, 0.5) is 0 Å².